The fourth-order valence-corrected chi connectivity index (χ4v) is 2.41. The van der Waals surface area contributed by atoms with Crippen LogP contribution in [0.2, 0.25) is 0 Å². The van der Waals surface area contributed by atoms with Crippen molar-refractivity contribution in [2.45, 2.75) is 38.9 Å². The van der Waals surface area contributed by atoms with E-state index in [9.17, 15) is 0 Å². The van der Waals surface area contributed by atoms with E-state index < -0.39 is 7.12 Å². The van der Waals surface area contributed by atoms with Crippen molar-refractivity contribution < 1.29 is 9.31 Å². The Labute approximate surface area is 118 Å². The summed E-state index contributed by atoms with van der Waals surface area (Å²) < 4.78 is 12.2. The van der Waals surface area contributed by atoms with Gasteiger partial charge in [-0.1, -0.05) is 12.1 Å². The summed E-state index contributed by atoms with van der Waals surface area (Å²) in [5, 5.41) is 9.99. The lowest BCUT2D eigenvalue weighted by Crippen LogP contribution is -2.41. The number of nitrogens with zero attached hydrogens (tertiary/aromatic N) is 1. The molecule has 1 N–H and O–H groups in total. The molecule has 0 bridgehead atoms. The zero-order valence-electron chi connectivity index (χ0n) is 12.2. The maximum Gasteiger partial charge on any atom is 0.495 e. The number of rotatable bonds is 1. The minimum absolute atomic E-state index is 0.367. The lowest BCUT2D eigenvalue weighted by molar-refractivity contribution is 0.00578. The Hall–Kier alpha value is -1.77. The maximum atomic E-state index is 9.02. The molecule has 3 rings (SSSR count). The predicted molar refractivity (Wildman–Crippen MR) is 78.7 cm³/mol. The largest absolute Gasteiger partial charge is 0.495 e. The van der Waals surface area contributed by atoms with Crippen LogP contribution in [0.5, 0.6) is 0 Å². The van der Waals surface area contributed by atoms with E-state index in [4.69, 9.17) is 14.6 Å². The number of hydrogen-bond acceptors (Lipinski definition) is 3. The van der Waals surface area contributed by atoms with Crippen molar-refractivity contribution in [2.24, 2.45) is 0 Å². The SMILES string of the molecule is CC1(C)OB(c2cccc3[nH]c(C#N)cc23)OC1(C)C. The van der Waals surface area contributed by atoms with Crippen LogP contribution < -0.4 is 5.46 Å². The van der Waals surface area contributed by atoms with Gasteiger partial charge >= 0.3 is 7.12 Å². The monoisotopic (exact) mass is 268 g/mol. The molecule has 2 heterocycles. The number of H-pyrrole nitrogens is 1. The first kappa shape index (κ1) is 13.2. The van der Waals surface area contributed by atoms with E-state index in [1.807, 2.05) is 52.0 Å². The van der Waals surface area contributed by atoms with Gasteiger partial charge in [-0.15, -0.1) is 0 Å². The molecule has 1 aromatic carbocycles. The van der Waals surface area contributed by atoms with Crippen LogP contribution >= 0.6 is 0 Å². The van der Waals surface area contributed by atoms with Gasteiger partial charge in [0, 0.05) is 10.9 Å². The summed E-state index contributed by atoms with van der Waals surface area (Å²) in [6, 6.07) is 9.85. The molecule has 0 amide bonds. The Morgan fingerprint density at radius 1 is 1.15 bits per heavy atom. The zero-order valence-corrected chi connectivity index (χ0v) is 12.2. The standard InChI is InChI=1S/C15H17BN2O2/c1-14(2)15(3,4)20-16(19-14)12-6-5-7-13-11(12)8-10(9-17)18-13/h5-8,18H,1-4H3. The first-order valence-corrected chi connectivity index (χ1v) is 6.71. The first-order valence-electron chi connectivity index (χ1n) is 6.71. The van der Waals surface area contributed by atoms with Crippen molar-refractivity contribution >= 4 is 23.5 Å². The van der Waals surface area contributed by atoms with E-state index in [2.05, 4.69) is 11.1 Å². The molecule has 2 aromatic rings. The van der Waals surface area contributed by atoms with Crippen LogP contribution in [0.25, 0.3) is 10.9 Å². The maximum absolute atomic E-state index is 9.02. The molecule has 0 saturated carbocycles. The highest BCUT2D eigenvalue weighted by Gasteiger charge is 2.52. The van der Waals surface area contributed by atoms with Gasteiger partial charge in [0.1, 0.15) is 11.8 Å². The van der Waals surface area contributed by atoms with Crippen LogP contribution in [0.3, 0.4) is 0 Å². The topological polar surface area (TPSA) is 58.0 Å². The van der Waals surface area contributed by atoms with Crippen LogP contribution in [0.15, 0.2) is 24.3 Å². The second kappa shape index (κ2) is 4.11. The van der Waals surface area contributed by atoms with Crippen molar-refractivity contribution in [3.63, 3.8) is 0 Å². The number of aromatic nitrogens is 1. The molecule has 4 nitrogen and oxygen atoms in total. The van der Waals surface area contributed by atoms with E-state index in [0.29, 0.717) is 5.69 Å². The Bertz CT molecular complexity index is 696. The summed E-state index contributed by atoms with van der Waals surface area (Å²) in [7, 11) is -0.411. The number of nitriles is 1. The molecule has 20 heavy (non-hydrogen) atoms. The molecule has 0 atom stereocenters. The third-order valence-electron chi connectivity index (χ3n) is 4.33. The highest BCUT2D eigenvalue weighted by Crippen LogP contribution is 2.37. The summed E-state index contributed by atoms with van der Waals surface area (Å²) in [5.74, 6) is 0. The molecule has 1 aromatic heterocycles. The molecule has 102 valence electrons. The quantitative estimate of drug-likeness (QED) is 0.807. The average Bonchev–Trinajstić information content (AvgIpc) is 2.87. The number of benzene rings is 1. The zero-order chi connectivity index (χ0) is 14.5. The number of aromatic amines is 1. The number of nitrogens with one attached hydrogen (secondary N) is 1. The summed E-state index contributed by atoms with van der Waals surface area (Å²) in [4.78, 5) is 3.08. The molecule has 1 aliphatic rings. The summed E-state index contributed by atoms with van der Waals surface area (Å²) >= 11 is 0. The summed E-state index contributed by atoms with van der Waals surface area (Å²) in [5.41, 5.74) is 1.69. The minimum Gasteiger partial charge on any atom is -0.399 e. The lowest BCUT2D eigenvalue weighted by atomic mass is 9.77. The smallest absolute Gasteiger partial charge is 0.399 e. The molecule has 0 unspecified atom stereocenters. The van der Waals surface area contributed by atoms with Crippen molar-refractivity contribution in [1.82, 2.24) is 4.98 Å². The second-order valence-corrected chi connectivity index (χ2v) is 6.19. The van der Waals surface area contributed by atoms with Crippen molar-refractivity contribution in [1.29, 1.82) is 5.26 Å². The fraction of sp³-hybridized carbons (Fsp3) is 0.400. The Kier molecular flexibility index (Phi) is 2.72. The van der Waals surface area contributed by atoms with Gasteiger partial charge in [0.05, 0.1) is 11.2 Å². The highest BCUT2D eigenvalue weighted by atomic mass is 16.7. The van der Waals surface area contributed by atoms with Crippen LogP contribution in [-0.4, -0.2) is 23.3 Å². The van der Waals surface area contributed by atoms with E-state index in [-0.39, 0.29) is 11.2 Å². The molecule has 1 aliphatic heterocycles. The molecular formula is C15H17BN2O2. The number of hydrogen-bond donors (Lipinski definition) is 1. The van der Waals surface area contributed by atoms with Gasteiger partial charge in [0.2, 0.25) is 0 Å². The predicted octanol–water partition coefficient (Wildman–Crippen LogP) is 2.34. The van der Waals surface area contributed by atoms with Gasteiger partial charge in [0.25, 0.3) is 0 Å². The summed E-state index contributed by atoms with van der Waals surface area (Å²) in [6.07, 6.45) is 0. The molecular weight excluding hydrogens is 251 g/mol. The number of fused-ring (bicyclic) bond motifs is 1. The van der Waals surface area contributed by atoms with Gasteiger partial charge in [0.15, 0.2) is 0 Å². The Balaban J connectivity index is 2.08. The average molecular weight is 268 g/mol. The van der Waals surface area contributed by atoms with Gasteiger partial charge in [-0.3, -0.25) is 0 Å². The lowest BCUT2D eigenvalue weighted by Gasteiger charge is -2.32. The van der Waals surface area contributed by atoms with E-state index >= 15 is 0 Å². The highest BCUT2D eigenvalue weighted by molar-refractivity contribution is 6.65. The van der Waals surface area contributed by atoms with Gasteiger partial charge in [-0.25, -0.2) is 0 Å². The Morgan fingerprint density at radius 3 is 2.40 bits per heavy atom. The first-order chi connectivity index (χ1) is 9.34. The van der Waals surface area contributed by atoms with E-state index in [1.165, 1.54) is 0 Å². The van der Waals surface area contributed by atoms with Crippen molar-refractivity contribution in [2.75, 3.05) is 0 Å². The molecule has 0 spiro atoms. The second-order valence-electron chi connectivity index (χ2n) is 6.19. The molecule has 0 radical (unpaired) electrons. The van der Waals surface area contributed by atoms with E-state index in [1.54, 1.807) is 0 Å². The fourth-order valence-electron chi connectivity index (χ4n) is 2.41. The van der Waals surface area contributed by atoms with Crippen molar-refractivity contribution in [3.05, 3.63) is 30.0 Å². The molecule has 1 fully saturated rings. The van der Waals surface area contributed by atoms with Crippen molar-refractivity contribution in [3.8, 4) is 6.07 Å². The van der Waals surface area contributed by atoms with Crippen LogP contribution in [0.4, 0.5) is 0 Å². The molecule has 5 heteroatoms. The third-order valence-corrected chi connectivity index (χ3v) is 4.33. The van der Waals surface area contributed by atoms with Crippen LogP contribution in [0.1, 0.15) is 33.4 Å². The van der Waals surface area contributed by atoms with E-state index in [0.717, 1.165) is 16.4 Å². The Morgan fingerprint density at radius 2 is 1.80 bits per heavy atom. The minimum atomic E-state index is -0.411. The molecule has 0 aliphatic carbocycles. The van der Waals surface area contributed by atoms with Gasteiger partial charge in [-0.2, -0.15) is 5.26 Å². The molecule has 1 saturated heterocycles. The summed E-state index contributed by atoms with van der Waals surface area (Å²) in [6.45, 7) is 8.13. The van der Waals surface area contributed by atoms with Gasteiger partial charge in [-0.05, 0) is 45.3 Å². The van der Waals surface area contributed by atoms with Crippen LogP contribution in [0, 0.1) is 11.3 Å². The third kappa shape index (κ3) is 1.84. The van der Waals surface area contributed by atoms with Crippen LogP contribution in [-0.2, 0) is 9.31 Å². The van der Waals surface area contributed by atoms with Gasteiger partial charge < -0.3 is 14.3 Å². The normalized spacial score (nSPS) is 20.2.